The molecule has 3 rings (SSSR count). The Balaban J connectivity index is 1.60. The van der Waals surface area contributed by atoms with Crippen LogP contribution in [0.4, 0.5) is 20.3 Å². The smallest absolute Gasteiger partial charge is 0.271 e. The lowest BCUT2D eigenvalue weighted by Crippen LogP contribution is -2.24. The molecule has 26 heavy (non-hydrogen) atoms. The zero-order valence-electron chi connectivity index (χ0n) is 13.3. The molecule has 0 spiro atoms. The Kier molecular flexibility index (Phi) is 5.38. The van der Waals surface area contributed by atoms with Crippen LogP contribution >= 0.6 is 11.6 Å². The molecule has 2 aromatic carbocycles. The zero-order valence-corrected chi connectivity index (χ0v) is 14.1. The lowest BCUT2D eigenvalue weighted by atomic mass is 10.2. The Morgan fingerprint density at radius 1 is 1.04 bits per heavy atom. The first-order chi connectivity index (χ1) is 12.5. The molecule has 0 saturated heterocycles. The fraction of sp³-hybridized carbons (Fsp3) is 0.0556. The molecule has 0 unspecified atom stereocenters. The molecule has 1 amide bonds. The van der Waals surface area contributed by atoms with E-state index in [0.717, 1.165) is 5.56 Å². The molecule has 1 heterocycles. The minimum absolute atomic E-state index is 0.0141. The van der Waals surface area contributed by atoms with Gasteiger partial charge in [-0.15, -0.1) is 0 Å². The maximum absolute atomic E-state index is 13.1. The summed E-state index contributed by atoms with van der Waals surface area (Å²) in [5.41, 5.74) is 1.44. The number of benzene rings is 2. The van der Waals surface area contributed by atoms with E-state index in [1.54, 1.807) is 12.1 Å². The monoisotopic (exact) mass is 374 g/mol. The van der Waals surface area contributed by atoms with E-state index in [1.807, 2.05) is 0 Å². The first-order valence-corrected chi connectivity index (χ1v) is 7.96. The molecular weight excluding hydrogens is 362 g/mol. The van der Waals surface area contributed by atoms with E-state index in [-0.39, 0.29) is 23.1 Å². The van der Waals surface area contributed by atoms with Crippen molar-refractivity contribution in [3.63, 3.8) is 0 Å². The van der Waals surface area contributed by atoms with Gasteiger partial charge >= 0.3 is 0 Å². The van der Waals surface area contributed by atoms with Crippen molar-refractivity contribution in [1.29, 1.82) is 0 Å². The third-order valence-corrected chi connectivity index (χ3v) is 3.73. The minimum Gasteiger partial charge on any atom is -0.347 e. The first-order valence-electron chi connectivity index (χ1n) is 7.58. The van der Waals surface area contributed by atoms with Crippen molar-refractivity contribution >= 4 is 29.0 Å². The molecule has 0 radical (unpaired) electrons. The molecule has 0 fully saturated rings. The van der Waals surface area contributed by atoms with E-state index in [2.05, 4.69) is 20.6 Å². The molecule has 0 saturated carbocycles. The van der Waals surface area contributed by atoms with Crippen LogP contribution in [-0.4, -0.2) is 15.9 Å². The van der Waals surface area contributed by atoms with Crippen molar-refractivity contribution in [1.82, 2.24) is 15.3 Å². The van der Waals surface area contributed by atoms with Gasteiger partial charge in [-0.05, 0) is 35.9 Å². The summed E-state index contributed by atoms with van der Waals surface area (Å²) in [5.74, 6) is -0.881. The second-order valence-corrected chi connectivity index (χ2v) is 5.76. The van der Waals surface area contributed by atoms with Crippen LogP contribution in [0.2, 0.25) is 5.02 Å². The quantitative estimate of drug-likeness (QED) is 0.706. The van der Waals surface area contributed by atoms with Crippen molar-refractivity contribution in [2.24, 2.45) is 0 Å². The normalized spacial score (nSPS) is 10.4. The Morgan fingerprint density at radius 3 is 2.46 bits per heavy atom. The second kappa shape index (κ2) is 7.88. The van der Waals surface area contributed by atoms with Gasteiger partial charge in [-0.3, -0.25) is 4.79 Å². The van der Waals surface area contributed by atoms with Crippen molar-refractivity contribution in [3.8, 4) is 0 Å². The van der Waals surface area contributed by atoms with E-state index in [4.69, 9.17) is 11.6 Å². The number of aromatic nitrogens is 2. The molecule has 132 valence electrons. The van der Waals surface area contributed by atoms with Crippen molar-refractivity contribution in [3.05, 3.63) is 82.8 Å². The zero-order chi connectivity index (χ0) is 18.5. The SMILES string of the molecule is O=C(NCc1ccc(F)cc1)c1cnc(Nc2ccc(F)c(Cl)c2)cn1. The molecule has 8 heteroatoms. The predicted octanol–water partition coefficient (Wildman–Crippen LogP) is 4.08. The highest BCUT2D eigenvalue weighted by atomic mass is 35.5. The van der Waals surface area contributed by atoms with Gasteiger partial charge in [0.1, 0.15) is 23.1 Å². The topological polar surface area (TPSA) is 66.9 Å². The lowest BCUT2D eigenvalue weighted by molar-refractivity contribution is 0.0945. The Bertz CT molecular complexity index is 917. The summed E-state index contributed by atoms with van der Waals surface area (Å²) in [6.45, 7) is 0.245. The number of hydrogen-bond donors (Lipinski definition) is 2. The van der Waals surface area contributed by atoms with Gasteiger partial charge in [0.15, 0.2) is 0 Å². The van der Waals surface area contributed by atoms with Gasteiger partial charge in [0.05, 0.1) is 17.4 Å². The molecule has 0 atom stereocenters. The average molecular weight is 375 g/mol. The van der Waals surface area contributed by atoms with Gasteiger partial charge in [-0.25, -0.2) is 18.7 Å². The second-order valence-electron chi connectivity index (χ2n) is 5.35. The number of amides is 1. The van der Waals surface area contributed by atoms with Gasteiger partial charge in [0.25, 0.3) is 5.91 Å². The summed E-state index contributed by atoms with van der Waals surface area (Å²) in [7, 11) is 0. The van der Waals surface area contributed by atoms with Crippen LogP contribution in [0.5, 0.6) is 0 Å². The number of nitrogens with zero attached hydrogens (tertiary/aromatic N) is 2. The van der Waals surface area contributed by atoms with E-state index in [1.165, 1.54) is 42.7 Å². The molecule has 0 aliphatic rings. The largest absolute Gasteiger partial charge is 0.347 e. The summed E-state index contributed by atoms with van der Waals surface area (Å²) in [4.78, 5) is 20.2. The molecule has 1 aromatic heterocycles. The molecule has 0 aliphatic carbocycles. The van der Waals surface area contributed by atoms with Crippen LogP contribution in [0.15, 0.2) is 54.9 Å². The number of hydrogen-bond acceptors (Lipinski definition) is 4. The highest BCUT2D eigenvalue weighted by molar-refractivity contribution is 6.31. The van der Waals surface area contributed by atoms with E-state index in [0.29, 0.717) is 11.5 Å². The maximum Gasteiger partial charge on any atom is 0.271 e. The fourth-order valence-corrected chi connectivity index (χ4v) is 2.29. The van der Waals surface area contributed by atoms with Gasteiger partial charge < -0.3 is 10.6 Å². The third-order valence-electron chi connectivity index (χ3n) is 3.44. The number of halogens is 3. The van der Waals surface area contributed by atoms with Gasteiger partial charge in [0.2, 0.25) is 0 Å². The Labute approximate surface area is 153 Å². The standard InChI is InChI=1S/C18H13ClF2N4O/c19-14-7-13(5-6-15(14)21)25-17-10-22-16(9-23-17)18(26)24-8-11-1-3-12(20)4-2-11/h1-7,9-10H,8H2,(H,23,25)(H,24,26). The molecule has 3 aromatic rings. The average Bonchev–Trinajstić information content (AvgIpc) is 2.65. The summed E-state index contributed by atoms with van der Waals surface area (Å²) in [6, 6.07) is 9.97. The van der Waals surface area contributed by atoms with Crippen LogP contribution in [-0.2, 0) is 6.54 Å². The van der Waals surface area contributed by atoms with Crippen LogP contribution < -0.4 is 10.6 Å². The number of nitrogens with one attached hydrogen (secondary N) is 2. The van der Waals surface area contributed by atoms with Crippen molar-refractivity contribution in [2.75, 3.05) is 5.32 Å². The highest BCUT2D eigenvalue weighted by Crippen LogP contribution is 2.21. The third kappa shape index (κ3) is 4.52. The lowest BCUT2D eigenvalue weighted by Gasteiger charge is -2.07. The highest BCUT2D eigenvalue weighted by Gasteiger charge is 2.08. The predicted molar refractivity (Wildman–Crippen MR) is 94.3 cm³/mol. The number of carbonyl (C=O) groups is 1. The van der Waals surface area contributed by atoms with Crippen molar-refractivity contribution in [2.45, 2.75) is 6.54 Å². The summed E-state index contributed by atoms with van der Waals surface area (Å²) in [6.07, 6.45) is 2.69. The summed E-state index contributed by atoms with van der Waals surface area (Å²) >= 11 is 5.72. The van der Waals surface area contributed by atoms with E-state index in [9.17, 15) is 13.6 Å². The molecular formula is C18H13ClF2N4O. The fourth-order valence-electron chi connectivity index (χ4n) is 2.11. The van der Waals surface area contributed by atoms with Crippen molar-refractivity contribution < 1.29 is 13.6 Å². The molecule has 0 bridgehead atoms. The van der Waals surface area contributed by atoms with E-state index >= 15 is 0 Å². The van der Waals surface area contributed by atoms with Crippen LogP contribution in [0.3, 0.4) is 0 Å². The molecule has 2 N–H and O–H groups in total. The van der Waals surface area contributed by atoms with Gasteiger partial charge in [-0.2, -0.15) is 0 Å². The van der Waals surface area contributed by atoms with Crippen LogP contribution in [0, 0.1) is 11.6 Å². The van der Waals surface area contributed by atoms with Crippen LogP contribution in [0.1, 0.15) is 16.1 Å². The Hall–Kier alpha value is -3.06. The number of rotatable bonds is 5. The molecule has 5 nitrogen and oxygen atoms in total. The maximum atomic E-state index is 13.1. The Morgan fingerprint density at radius 2 is 1.81 bits per heavy atom. The number of anilines is 2. The number of carbonyl (C=O) groups excluding carboxylic acids is 1. The van der Waals surface area contributed by atoms with Gasteiger partial charge in [-0.1, -0.05) is 23.7 Å². The first kappa shape index (κ1) is 17.8. The minimum atomic E-state index is -0.517. The van der Waals surface area contributed by atoms with E-state index < -0.39 is 11.7 Å². The summed E-state index contributed by atoms with van der Waals surface area (Å²) in [5, 5.41) is 5.57. The van der Waals surface area contributed by atoms with Crippen LogP contribution in [0.25, 0.3) is 0 Å². The van der Waals surface area contributed by atoms with Gasteiger partial charge in [0, 0.05) is 12.2 Å². The molecule has 0 aliphatic heterocycles. The summed E-state index contributed by atoms with van der Waals surface area (Å²) < 4.78 is 26.0.